The van der Waals surface area contributed by atoms with Gasteiger partial charge in [0.1, 0.15) is 15.8 Å². The van der Waals surface area contributed by atoms with Crippen LogP contribution in [-0.4, -0.2) is 20.2 Å². The van der Waals surface area contributed by atoms with E-state index in [0.29, 0.717) is 0 Å². The van der Waals surface area contributed by atoms with Crippen molar-refractivity contribution in [3.8, 4) is 0 Å². The molecule has 2 rings (SSSR count). The summed E-state index contributed by atoms with van der Waals surface area (Å²) in [5.41, 5.74) is 2.16. The molecule has 6 heteroatoms. The Kier molecular flexibility index (Phi) is 2.85. The second-order valence-corrected chi connectivity index (χ2v) is 4.28. The molecule has 0 unspecified atom stereocenters. The predicted octanol–water partition coefficient (Wildman–Crippen LogP) is 2.16. The van der Waals surface area contributed by atoms with Gasteiger partial charge in [-0.2, -0.15) is 5.10 Å². The lowest BCUT2D eigenvalue weighted by Crippen LogP contribution is -1.96. The van der Waals surface area contributed by atoms with Gasteiger partial charge in [0.15, 0.2) is 5.82 Å². The molecular formula is C9H10IN5. The van der Waals surface area contributed by atoms with Crippen LogP contribution in [0.2, 0.25) is 0 Å². The first kappa shape index (κ1) is 10.3. The van der Waals surface area contributed by atoms with Gasteiger partial charge in [0.05, 0.1) is 0 Å². The molecule has 0 saturated heterocycles. The van der Waals surface area contributed by atoms with Crippen LogP contribution >= 0.6 is 22.6 Å². The van der Waals surface area contributed by atoms with Crippen molar-refractivity contribution < 1.29 is 0 Å². The molecule has 2 aromatic rings. The van der Waals surface area contributed by atoms with Crippen LogP contribution in [0.25, 0.3) is 0 Å². The molecular weight excluding hydrogens is 305 g/mol. The zero-order valence-corrected chi connectivity index (χ0v) is 10.5. The number of anilines is 2. The van der Waals surface area contributed by atoms with Crippen LogP contribution in [0, 0.1) is 17.5 Å². The number of nitrogens with zero attached hydrogens (tertiary/aromatic N) is 3. The lowest BCUT2D eigenvalue weighted by Gasteiger charge is -2.02. The summed E-state index contributed by atoms with van der Waals surface area (Å²) in [5, 5.41) is 10.2. The van der Waals surface area contributed by atoms with E-state index in [1.54, 1.807) is 0 Å². The van der Waals surface area contributed by atoms with Gasteiger partial charge in [-0.3, -0.25) is 5.10 Å². The molecule has 0 saturated carbocycles. The fourth-order valence-corrected chi connectivity index (χ4v) is 1.55. The first-order valence-electron chi connectivity index (χ1n) is 4.43. The molecule has 0 bridgehead atoms. The molecule has 0 aliphatic carbocycles. The predicted molar refractivity (Wildman–Crippen MR) is 66.1 cm³/mol. The number of rotatable bonds is 2. The Morgan fingerprint density at radius 2 is 2.13 bits per heavy atom. The van der Waals surface area contributed by atoms with Crippen molar-refractivity contribution in [3.05, 3.63) is 27.4 Å². The first-order chi connectivity index (χ1) is 7.16. The minimum atomic E-state index is 0.754. The Hall–Kier alpha value is -1.18. The Labute approximate surface area is 101 Å². The summed E-state index contributed by atoms with van der Waals surface area (Å²) in [6.45, 7) is 3.99. The fourth-order valence-electron chi connectivity index (χ4n) is 1.13. The van der Waals surface area contributed by atoms with Crippen LogP contribution in [0.1, 0.15) is 11.3 Å². The van der Waals surface area contributed by atoms with Crippen LogP contribution in [0.5, 0.6) is 0 Å². The summed E-state index contributed by atoms with van der Waals surface area (Å²) in [6, 6.07) is 1.87. The minimum Gasteiger partial charge on any atom is -0.323 e. The van der Waals surface area contributed by atoms with Crippen molar-refractivity contribution in [3.63, 3.8) is 0 Å². The molecule has 2 N–H and O–H groups in total. The topological polar surface area (TPSA) is 66.5 Å². The van der Waals surface area contributed by atoms with Crippen molar-refractivity contribution >= 4 is 34.2 Å². The number of hydrogen-bond donors (Lipinski definition) is 2. The molecule has 5 nitrogen and oxygen atoms in total. The molecule has 0 atom stereocenters. The summed E-state index contributed by atoms with van der Waals surface area (Å²) in [6.07, 6.45) is 1.53. The molecule has 2 aromatic heterocycles. The fraction of sp³-hybridized carbons (Fsp3) is 0.222. The van der Waals surface area contributed by atoms with Crippen LogP contribution in [0.3, 0.4) is 0 Å². The summed E-state index contributed by atoms with van der Waals surface area (Å²) in [5.74, 6) is 1.56. The summed E-state index contributed by atoms with van der Waals surface area (Å²) in [4.78, 5) is 8.12. The van der Waals surface area contributed by atoms with Gasteiger partial charge in [-0.05, 0) is 36.4 Å². The van der Waals surface area contributed by atoms with Crippen LogP contribution in [0.4, 0.5) is 11.6 Å². The largest absolute Gasteiger partial charge is 0.323 e. The van der Waals surface area contributed by atoms with Gasteiger partial charge >= 0.3 is 0 Å². The number of halogens is 1. The van der Waals surface area contributed by atoms with Gasteiger partial charge in [0, 0.05) is 17.3 Å². The average Bonchev–Trinajstić information content (AvgIpc) is 2.50. The first-order valence-corrected chi connectivity index (χ1v) is 5.51. The summed E-state index contributed by atoms with van der Waals surface area (Å²) in [7, 11) is 0. The van der Waals surface area contributed by atoms with Gasteiger partial charge in [-0.25, -0.2) is 9.97 Å². The molecule has 0 fully saturated rings. The highest BCUT2D eigenvalue weighted by atomic mass is 127. The van der Waals surface area contributed by atoms with Crippen molar-refractivity contribution in [2.24, 2.45) is 0 Å². The van der Waals surface area contributed by atoms with Crippen LogP contribution in [0.15, 0.2) is 12.4 Å². The van der Waals surface area contributed by atoms with E-state index in [1.165, 1.54) is 6.33 Å². The Morgan fingerprint density at radius 3 is 2.73 bits per heavy atom. The Bertz CT molecular complexity index is 479. The van der Waals surface area contributed by atoms with Crippen molar-refractivity contribution in [1.82, 2.24) is 20.2 Å². The number of aromatic amines is 1. The number of H-pyrrole nitrogens is 1. The van der Waals surface area contributed by atoms with Gasteiger partial charge in [-0.15, -0.1) is 0 Å². The Morgan fingerprint density at radius 1 is 1.33 bits per heavy atom. The quantitative estimate of drug-likeness (QED) is 0.658. The average molecular weight is 315 g/mol. The monoisotopic (exact) mass is 315 g/mol. The SMILES string of the molecule is Cc1[nH]nc(Nc2cc(I)ncn2)c1C. The van der Waals surface area contributed by atoms with E-state index in [4.69, 9.17) is 0 Å². The highest BCUT2D eigenvalue weighted by molar-refractivity contribution is 14.1. The molecule has 0 amide bonds. The van der Waals surface area contributed by atoms with Gasteiger partial charge in [0.2, 0.25) is 0 Å². The highest BCUT2D eigenvalue weighted by Crippen LogP contribution is 2.18. The third-order valence-corrected chi connectivity index (χ3v) is 2.72. The number of aryl methyl sites for hydroxylation is 1. The smallest absolute Gasteiger partial charge is 0.156 e. The third kappa shape index (κ3) is 2.25. The van der Waals surface area contributed by atoms with E-state index < -0.39 is 0 Å². The zero-order valence-electron chi connectivity index (χ0n) is 8.37. The lowest BCUT2D eigenvalue weighted by molar-refractivity contribution is 1.04. The maximum atomic E-state index is 4.14. The van der Waals surface area contributed by atoms with Crippen LogP contribution in [-0.2, 0) is 0 Å². The van der Waals surface area contributed by atoms with Gasteiger partial charge in [-0.1, -0.05) is 0 Å². The van der Waals surface area contributed by atoms with Crippen molar-refractivity contribution in [2.75, 3.05) is 5.32 Å². The van der Waals surface area contributed by atoms with E-state index >= 15 is 0 Å². The highest BCUT2D eigenvalue weighted by Gasteiger charge is 2.06. The van der Waals surface area contributed by atoms with E-state index in [-0.39, 0.29) is 0 Å². The standard InChI is InChI=1S/C9H10IN5/c1-5-6(2)14-15-9(5)13-8-3-7(10)11-4-12-8/h3-4H,1-2H3,(H2,11,12,13,14,15). The second kappa shape index (κ2) is 4.13. The maximum absolute atomic E-state index is 4.14. The molecule has 78 valence electrons. The van der Waals surface area contributed by atoms with Crippen LogP contribution < -0.4 is 5.32 Å². The maximum Gasteiger partial charge on any atom is 0.156 e. The molecule has 15 heavy (non-hydrogen) atoms. The molecule has 0 spiro atoms. The zero-order chi connectivity index (χ0) is 10.8. The molecule has 0 aliphatic rings. The van der Waals surface area contributed by atoms with Gasteiger partial charge < -0.3 is 5.32 Å². The lowest BCUT2D eigenvalue weighted by atomic mass is 10.3. The number of aromatic nitrogens is 4. The molecule has 2 heterocycles. The van der Waals surface area contributed by atoms with E-state index in [0.717, 1.165) is 26.6 Å². The van der Waals surface area contributed by atoms with E-state index in [9.17, 15) is 0 Å². The normalized spacial score (nSPS) is 10.3. The Balaban J connectivity index is 2.26. The third-order valence-electron chi connectivity index (χ3n) is 2.13. The molecule has 0 aliphatic heterocycles. The summed E-state index contributed by atoms with van der Waals surface area (Å²) < 4.78 is 0.898. The van der Waals surface area contributed by atoms with Crippen molar-refractivity contribution in [1.29, 1.82) is 0 Å². The van der Waals surface area contributed by atoms with E-state index in [1.807, 2.05) is 19.9 Å². The van der Waals surface area contributed by atoms with Gasteiger partial charge in [0.25, 0.3) is 0 Å². The second-order valence-electron chi connectivity index (χ2n) is 3.17. The van der Waals surface area contributed by atoms with E-state index in [2.05, 4.69) is 48.1 Å². The molecule has 0 radical (unpaired) electrons. The number of nitrogens with one attached hydrogen (secondary N) is 2. The minimum absolute atomic E-state index is 0.754. The molecule has 0 aromatic carbocycles. The number of hydrogen-bond acceptors (Lipinski definition) is 4. The summed E-state index contributed by atoms with van der Waals surface area (Å²) >= 11 is 2.14. The van der Waals surface area contributed by atoms with Crippen molar-refractivity contribution in [2.45, 2.75) is 13.8 Å².